The van der Waals surface area contributed by atoms with Crippen LogP contribution >= 0.6 is 12.4 Å². The third-order valence-corrected chi connectivity index (χ3v) is 5.21. The van der Waals surface area contributed by atoms with E-state index in [0.717, 1.165) is 22.4 Å². The molecule has 182 valence electrons. The Kier molecular flexibility index (Phi) is 10.4. The largest absolute Gasteiger partial charge is 0.492 e. The van der Waals surface area contributed by atoms with Crippen LogP contribution in [0.1, 0.15) is 42.8 Å². The van der Waals surface area contributed by atoms with Crippen molar-refractivity contribution >= 4 is 18.4 Å². The van der Waals surface area contributed by atoms with Crippen LogP contribution in [-0.2, 0) is 0 Å². The first kappa shape index (κ1) is 27.2. The molecular formula is C27H32ClNO5. The van der Waals surface area contributed by atoms with Gasteiger partial charge in [0.2, 0.25) is 0 Å². The smallest absolute Gasteiger partial charge is 0.339 e. The van der Waals surface area contributed by atoms with E-state index < -0.39 is 12.1 Å². The lowest BCUT2D eigenvalue weighted by Gasteiger charge is -2.20. The van der Waals surface area contributed by atoms with Gasteiger partial charge in [-0.1, -0.05) is 48.5 Å². The van der Waals surface area contributed by atoms with E-state index in [4.69, 9.17) is 9.47 Å². The maximum absolute atomic E-state index is 11.5. The van der Waals surface area contributed by atoms with Crippen LogP contribution in [0.2, 0.25) is 0 Å². The van der Waals surface area contributed by atoms with E-state index in [0.29, 0.717) is 18.9 Å². The zero-order chi connectivity index (χ0) is 23.8. The molecule has 0 saturated carbocycles. The number of nitrogens with one attached hydrogen (secondary N) is 1. The van der Waals surface area contributed by atoms with E-state index in [1.54, 1.807) is 18.2 Å². The Labute approximate surface area is 207 Å². The maximum Gasteiger partial charge on any atom is 0.339 e. The van der Waals surface area contributed by atoms with Gasteiger partial charge >= 0.3 is 5.97 Å². The third-order valence-electron chi connectivity index (χ3n) is 5.21. The van der Waals surface area contributed by atoms with Crippen molar-refractivity contribution in [3.8, 4) is 22.6 Å². The van der Waals surface area contributed by atoms with Crippen LogP contribution in [0.3, 0.4) is 0 Å². The normalized spacial score (nSPS) is 12.5. The minimum Gasteiger partial charge on any atom is -0.492 e. The second-order valence-electron chi connectivity index (χ2n) is 8.15. The van der Waals surface area contributed by atoms with Crippen molar-refractivity contribution in [3.63, 3.8) is 0 Å². The second kappa shape index (κ2) is 13.0. The average Bonchev–Trinajstić information content (AvgIpc) is 2.81. The van der Waals surface area contributed by atoms with Gasteiger partial charge in [0, 0.05) is 12.6 Å². The highest BCUT2D eigenvalue weighted by Gasteiger charge is 2.16. The van der Waals surface area contributed by atoms with Gasteiger partial charge in [0.15, 0.2) is 0 Å². The van der Waals surface area contributed by atoms with Gasteiger partial charge in [-0.3, -0.25) is 0 Å². The zero-order valence-electron chi connectivity index (χ0n) is 19.6. The van der Waals surface area contributed by atoms with E-state index in [1.165, 1.54) is 0 Å². The number of ether oxygens (including phenoxy) is 2. The van der Waals surface area contributed by atoms with Crippen LogP contribution in [0.5, 0.6) is 11.5 Å². The zero-order valence-corrected chi connectivity index (χ0v) is 20.4. The van der Waals surface area contributed by atoms with Crippen molar-refractivity contribution in [2.75, 3.05) is 13.2 Å². The highest BCUT2D eigenvalue weighted by atomic mass is 35.5. The Balaban J connectivity index is 0.00000408. The molecule has 0 radical (unpaired) electrons. The lowest BCUT2D eigenvalue weighted by molar-refractivity contribution is 0.0690. The van der Waals surface area contributed by atoms with Gasteiger partial charge < -0.3 is 25.0 Å². The molecule has 0 aliphatic rings. The number of halogens is 1. The number of carboxylic acids is 1. The van der Waals surface area contributed by atoms with Crippen molar-refractivity contribution in [3.05, 3.63) is 83.9 Å². The Morgan fingerprint density at radius 3 is 2.21 bits per heavy atom. The molecule has 34 heavy (non-hydrogen) atoms. The maximum atomic E-state index is 11.5. The van der Waals surface area contributed by atoms with E-state index >= 15 is 0 Å². The van der Waals surface area contributed by atoms with Crippen molar-refractivity contribution in [2.24, 2.45) is 0 Å². The molecule has 0 unspecified atom stereocenters. The number of rotatable bonds is 11. The number of carboxylic acid groups (broad SMARTS) is 1. The molecule has 3 rings (SSSR count). The number of carbonyl (C=O) groups is 1. The molecule has 6 nitrogen and oxygen atoms in total. The molecule has 2 atom stereocenters. The fraction of sp³-hybridized carbons (Fsp3) is 0.296. The van der Waals surface area contributed by atoms with Crippen molar-refractivity contribution < 1.29 is 24.5 Å². The molecule has 3 aromatic rings. The Morgan fingerprint density at radius 1 is 0.941 bits per heavy atom. The van der Waals surface area contributed by atoms with Gasteiger partial charge in [-0.2, -0.15) is 0 Å². The van der Waals surface area contributed by atoms with Crippen LogP contribution in [0.15, 0.2) is 72.8 Å². The van der Waals surface area contributed by atoms with Crippen LogP contribution in [0.25, 0.3) is 11.1 Å². The van der Waals surface area contributed by atoms with Gasteiger partial charge in [-0.05, 0) is 61.7 Å². The molecule has 3 N–H and O–H groups in total. The van der Waals surface area contributed by atoms with Gasteiger partial charge in [-0.25, -0.2) is 4.79 Å². The number of aliphatic hydroxyl groups excluding tert-OH is 1. The summed E-state index contributed by atoms with van der Waals surface area (Å²) in [4.78, 5) is 11.5. The minimum atomic E-state index is -1.01. The van der Waals surface area contributed by atoms with Gasteiger partial charge in [0.05, 0.1) is 12.2 Å². The van der Waals surface area contributed by atoms with Crippen molar-refractivity contribution in [1.82, 2.24) is 5.32 Å². The standard InChI is InChI=1S/C27H31NO5.ClH/c1-18(2)33-25-17-22(11-14-24(25)27(30)31)20-9-12-23(13-10-20)32-16-15-28-19(3)26(29)21-7-5-4-6-8-21;/h4-14,17-19,26,28-29H,15-16H2,1-3H3,(H,30,31);1H/t19-,26-;/m0./s1. The number of hydrogen-bond donors (Lipinski definition) is 3. The third kappa shape index (κ3) is 7.48. The first-order chi connectivity index (χ1) is 15.8. The predicted octanol–water partition coefficient (Wildman–Crippen LogP) is 5.35. The quantitative estimate of drug-likeness (QED) is 0.317. The summed E-state index contributed by atoms with van der Waals surface area (Å²) >= 11 is 0. The van der Waals surface area contributed by atoms with E-state index in [9.17, 15) is 15.0 Å². The van der Waals surface area contributed by atoms with Crippen molar-refractivity contribution in [2.45, 2.75) is 39.0 Å². The Bertz CT molecular complexity index is 1040. The molecule has 0 spiro atoms. The van der Waals surface area contributed by atoms with Gasteiger partial charge in [0.1, 0.15) is 23.7 Å². The minimum absolute atomic E-state index is 0. The molecule has 0 bridgehead atoms. The number of hydrogen-bond acceptors (Lipinski definition) is 5. The van der Waals surface area contributed by atoms with Gasteiger partial charge in [0.25, 0.3) is 0 Å². The van der Waals surface area contributed by atoms with E-state index in [-0.39, 0.29) is 30.1 Å². The molecule has 0 aliphatic carbocycles. The summed E-state index contributed by atoms with van der Waals surface area (Å²) in [6.45, 7) is 6.73. The summed E-state index contributed by atoms with van der Waals surface area (Å²) in [5, 5.41) is 23.1. The Hall–Kier alpha value is -3.06. The molecule has 7 heteroatoms. The average molecular weight is 486 g/mol. The van der Waals surface area contributed by atoms with Crippen LogP contribution in [-0.4, -0.2) is 41.5 Å². The summed E-state index contributed by atoms with van der Waals surface area (Å²) in [5.41, 5.74) is 2.83. The van der Waals surface area contributed by atoms with Crippen LogP contribution in [0, 0.1) is 0 Å². The predicted molar refractivity (Wildman–Crippen MR) is 136 cm³/mol. The fourth-order valence-corrected chi connectivity index (χ4v) is 3.48. The summed E-state index contributed by atoms with van der Waals surface area (Å²) in [5.74, 6) is 0.0750. The monoisotopic (exact) mass is 485 g/mol. The molecular weight excluding hydrogens is 454 g/mol. The van der Waals surface area contributed by atoms with E-state index in [2.05, 4.69) is 5.32 Å². The lowest BCUT2D eigenvalue weighted by Crippen LogP contribution is -2.35. The molecule has 3 aromatic carbocycles. The van der Waals surface area contributed by atoms with E-state index in [1.807, 2.05) is 75.4 Å². The highest BCUT2D eigenvalue weighted by molar-refractivity contribution is 5.92. The number of aromatic carboxylic acids is 1. The number of aliphatic hydroxyl groups is 1. The van der Waals surface area contributed by atoms with Crippen LogP contribution in [0.4, 0.5) is 0 Å². The summed E-state index contributed by atoms with van der Waals surface area (Å²) in [6, 6.07) is 22.2. The topological polar surface area (TPSA) is 88.0 Å². The molecule has 0 amide bonds. The van der Waals surface area contributed by atoms with Gasteiger partial charge in [-0.15, -0.1) is 12.4 Å². The fourth-order valence-electron chi connectivity index (χ4n) is 3.48. The summed E-state index contributed by atoms with van der Waals surface area (Å²) in [7, 11) is 0. The molecule has 0 fully saturated rings. The first-order valence-electron chi connectivity index (χ1n) is 11.1. The molecule has 0 aromatic heterocycles. The highest BCUT2D eigenvalue weighted by Crippen LogP contribution is 2.29. The number of benzene rings is 3. The van der Waals surface area contributed by atoms with Crippen molar-refractivity contribution in [1.29, 1.82) is 0 Å². The molecule has 0 saturated heterocycles. The summed E-state index contributed by atoms with van der Waals surface area (Å²) in [6.07, 6.45) is -0.707. The van der Waals surface area contributed by atoms with Crippen LogP contribution < -0.4 is 14.8 Å². The summed E-state index contributed by atoms with van der Waals surface area (Å²) < 4.78 is 11.5. The second-order valence-corrected chi connectivity index (χ2v) is 8.15. The first-order valence-corrected chi connectivity index (χ1v) is 11.1. The molecule has 0 heterocycles. The SMILES string of the molecule is CC(C)Oc1cc(-c2ccc(OCCN[C@@H](C)[C@H](O)c3ccccc3)cc2)ccc1C(=O)O.Cl. The Morgan fingerprint density at radius 2 is 1.59 bits per heavy atom. The molecule has 0 aliphatic heterocycles. The lowest BCUT2D eigenvalue weighted by atomic mass is 10.0.